The van der Waals surface area contributed by atoms with E-state index >= 15 is 0 Å². The van der Waals surface area contributed by atoms with Gasteiger partial charge in [-0.05, 0) is 36.0 Å². The predicted octanol–water partition coefficient (Wildman–Crippen LogP) is 6.16. The van der Waals surface area contributed by atoms with Crippen molar-refractivity contribution in [1.82, 2.24) is 9.55 Å². The molecular formula is C31H30N4O. The van der Waals surface area contributed by atoms with Crippen molar-refractivity contribution in [2.45, 2.75) is 50.5 Å². The highest BCUT2D eigenvalue weighted by Crippen LogP contribution is 2.48. The molecule has 4 aromatic rings. The van der Waals surface area contributed by atoms with Crippen molar-refractivity contribution in [1.29, 1.82) is 0 Å². The van der Waals surface area contributed by atoms with Gasteiger partial charge in [0.1, 0.15) is 0 Å². The van der Waals surface area contributed by atoms with Crippen LogP contribution in [-0.4, -0.2) is 15.8 Å². The number of rotatable bonds is 5. The predicted molar refractivity (Wildman–Crippen MR) is 146 cm³/mol. The maximum Gasteiger partial charge on any atom is 0.259 e. The van der Waals surface area contributed by atoms with Crippen molar-refractivity contribution in [2.24, 2.45) is 5.10 Å². The Labute approximate surface area is 211 Å². The van der Waals surface area contributed by atoms with Gasteiger partial charge in [-0.3, -0.25) is 9.36 Å². The van der Waals surface area contributed by atoms with Gasteiger partial charge in [-0.15, -0.1) is 0 Å². The Bertz CT molecular complexity index is 1450. The molecule has 36 heavy (non-hydrogen) atoms. The lowest BCUT2D eigenvalue weighted by molar-refractivity contribution is 0.283. The quantitative estimate of drug-likeness (QED) is 0.278. The molecule has 1 heterocycles. The molecule has 0 aliphatic heterocycles. The summed E-state index contributed by atoms with van der Waals surface area (Å²) >= 11 is 0. The Morgan fingerprint density at radius 2 is 1.58 bits per heavy atom. The largest absolute Gasteiger partial charge is 0.273 e. The monoisotopic (exact) mass is 474 g/mol. The van der Waals surface area contributed by atoms with Crippen LogP contribution in [0.25, 0.3) is 11.3 Å². The van der Waals surface area contributed by atoms with Crippen molar-refractivity contribution < 1.29 is 0 Å². The van der Waals surface area contributed by atoms with Gasteiger partial charge in [-0.25, -0.2) is 10.4 Å². The number of hydrazone groups is 1. The third kappa shape index (κ3) is 4.15. The molecule has 1 N–H and O–H groups in total. The van der Waals surface area contributed by atoms with Crippen molar-refractivity contribution in [3.8, 4) is 11.3 Å². The molecule has 0 saturated heterocycles. The SMILES string of the molecule is O=c1c2c(nc(NN=Cc3ccccc3)n1Cc1ccccc1)-c1ccccc1CC21CCCCC1. The van der Waals surface area contributed by atoms with E-state index in [9.17, 15) is 4.79 Å². The van der Waals surface area contributed by atoms with Crippen LogP contribution in [0.15, 0.2) is 94.8 Å². The van der Waals surface area contributed by atoms with E-state index < -0.39 is 0 Å². The maximum atomic E-state index is 14.4. The first-order chi connectivity index (χ1) is 17.7. The summed E-state index contributed by atoms with van der Waals surface area (Å²) in [4.78, 5) is 19.5. The fourth-order valence-corrected chi connectivity index (χ4v) is 5.94. The second-order valence-electron chi connectivity index (χ2n) is 9.99. The highest BCUT2D eigenvalue weighted by atomic mass is 16.1. The summed E-state index contributed by atoms with van der Waals surface area (Å²) in [5, 5.41) is 4.47. The van der Waals surface area contributed by atoms with Crippen molar-refractivity contribution in [3.63, 3.8) is 0 Å². The van der Waals surface area contributed by atoms with Gasteiger partial charge in [0.15, 0.2) is 0 Å². The van der Waals surface area contributed by atoms with Crippen LogP contribution in [0.2, 0.25) is 0 Å². The molecule has 6 rings (SSSR count). The molecule has 2 aliphatic carbocycles. The summed E-state index contributed by atoms with van der Waals surface area (Å²) in [6.45, 7) is 0.445. The van der Waals surface area contributed by atoms with Gasteiger partial charge in [0.25, 0.3) is 5.56 Å². The van der Waals surface area contributed by atoms with Crippen molar-refractivity contribution in [3.05, 3.63) is 118 Å². The number of benzene rings is 3. The van der Waals surface area contributed by atoms with Crippen molar-refractivity contribution >= 4 is 12.2 Å². The van der Waals surface area contributed by atoms with Crippen molar-refractivity contribution in [2.75, 3.05) is 5.43 Å². The Balaban J connectivity index is 1.52. The molecular weight excluding hydrogens is 444 g/mol. The Hall–Kier alpha value is -3.99. The summed E-state index contributed by atoms with van der Waals surface area (Å²) in [6, 6.07) is 28.5. The summed E-state index contributed by atoms with van der Waals surface area (Å²) in [7, 11) is 0. The highest BCUT2D eigenvalue weighted by molar-refractivity contribution is 5.80. The zero-order chi connectivity index (χ0) is 24.4. The molecule has 3 aromatic carbocycles. The summed E-state index contributed by atoms with van der Waals surface area (Å²) in [5.74, 6) is 0.470. The van der Waals surface area contributed by atoms with Gasteiger partial charge < -0.3 is 0 Å². The van der Waals surface area contributed by atoms with Crippen LogP contribution in [-0.2, 0) is 18.4 Å². The standard InChI is InChI=1S/C31H30N4O/c36-29-27-28(26-17-9-8-16-25(26)20-31(27)18-10-3-11-19-31)33-30(34-32-21-23-12-4-1-5-13-23)35(29)22-24-14-6-2-7-15-24/h1-2,4-9,12-17,21H,3,10-11,18-20,22H2,(H,33,34). The van der Waals surface area contributed by atoms with Crippen LogP contribution in [0.1, 0.15) is 54.4 Å². The van der Waals surface area contributed by atoms with E-state index in [1.54, 1.807) is 10.8 Å². The number of nitrogens with one attached hydrogen (secondary N) is 1. The molecule has 2 aliphatic rings. The first-order valence-electron chi connectivity index (χ1n) is 12.9. The lowest BCUT2D eigenvalue weighted by atomic mass is 9.62. The van der Waals surface area contributed by atoms with E-state index in [4.69, 9.17) is 4.98 Å². The van der Waals surface area contributed by atoms with Crippen LogP contribution < -0.4 is 11.0 Å². The number of fused-ring (bicyclic) bond motifs is 4. The van der Waals surface area contributed by atoms with Crippen LogP contribution >= 0.6 is 0 Å². The van der Waals surface area contributed by atoms with Crippen LogP contribution in [0, 0.1) is 0 Å². The third-order valence-corrected chi connectivity index (χ3v) is 7.67. The molecule has 5 nitrogen and oxygen atoms in total. The van der Waals surface area contributed by atoms with E-state index in [1.807, 2.05) is 54.6 Å². The molecule has 0 radical (unpaired) electrons. The molecule has 0 atom stereocenters. The molecule has 1 fully saturated rings. The number of hydrogen-bond donors (Lipinski definition) is 1. The smallest absolute Gasteiger partial charge is 0.259 e. The molecule has 0 unspecified atom stereocenters. The summed E-state index contributed by atoms with van der Waals surface area (Å²) in [6.07, 6.45) is 8.29. The number of nitrogens with zero attached hydrogens (tertiary/aromatic N) is 3. The zero-order valence-corrected chi connectivity index (χ0v) is 20.4. The summed E-state index contributed by atoms with van der Waals surface area (Å²) in [5.41, 5.74) is 9.15. The van der Waals surface area contributed by atoms with Gasteiger partial charge in [-0.2, -0.15) is 5.10 Å². The van der Waals surface area contributed by atoms with E-state index in [2.05, 4.69) is 40.9 Å². The third-order valence-electron chi connectivity index (χ3n) is 7.67. The normalized spacial score (nSPS) is 16.0. The first-order valence-corrected chi connectivity index (χ1v) is 12.9. The molecule has 180 valence electrons. The zero-order valence-electron chi connectivity index (χ0n) is 20.4. The van der Waals surface area contributed by atoms with E-state index in [1.165, 1.54) is 12.0 Å². The number of anilines is 1. The lowest BCUT2D eigenvalue weighted by Crippen LogP contribution is -2.43. The highest BCUT2D eigenvalue weighted by Gasteiger charge is 2.43. The van der Waals surface area contributed by atoms with Crippen LogP contribution in [0.3, 0.4) is 0 Å². The Morgan fingerprint density at radius 3 is 2.36 bits per heavy atom. The van der Waals surface area contributed by atoms with Crippen LogP contribution in [0.5, 0.6) is 0 Å². The Kier molecular flexibility index (Phi) is 5.98. The lowest BCUT2D eigenvalue weighted by Gasteiger charge is -2.42. The second kappa shape index (κ2) is 9.57. The van der Waals surface area contributed by atoms with E-state index in [-0.39, 0.29) is 11.0 Å². The average Bonchev–Trinajstić information content (AvgIpc) is 2.92. The minimum atomic E-state index is -0.143. The fourth-order valence-electron chi connectivity index (χ4n) is 5.94. The number of aromatic nitrogens is 2. The van der Waals surface area contributed by atoms with E-state index in [0.717, 1.165) is 60.1 Å². The summed E-state index contributed by atoms with van der Waals surface area (Å²) < 4.78 is 1.78. The Morgan fingerprint density at radius 1 is 0.889 bits per heavy atom. The van der Waals surface area contributed by atoms with Gasteiger partial charge in [0.2, 0.25) is 5.95 Å². The number of hydrogen-bond acceptors (Lipinski definition) is 4. The molecule has 1 spiro atoms. The average molecular weight is 475 g/mol. The molecule has 0 amide bonds. The molecule has 1 saturated carbocycles. The molecule has 0 bridgehead atoms. The molecule has 1 aromatic heterocycles. The second-order valence-corrected chi connectivity index (χ2v) is 9.99. The van der Waals surface area contributed by atoms with Gasteiger partial charge in [0.05, 0.1) is 24.0 Å². The van der Waals surface area contributed by atoms with Crippen LogP contribution in [0.4, 0.5) is 5.95 Å². The first kappa shape index (κ1) is 22.5. The maximum absolute atomic E-state index is 14.4. The minimum Gasteiger partial charge on any atom is -0.273 e. The minimum absolute atomic E-state index is 0.0534. The fraction of sp³-hybridized carbons (Fsp3) is 0.258. The topological polar surface area (TPSA) is 59.3 Å². The van der Waals surface area contributed by atoms with Gasteiger partial charge >= 0.3 is 0 Å². The van der Waals surface area contributed by atoms with Gasteiger partial charge in [-0.1, -0.05) is 104 Å². The van der Waals surface area contributed by atoms with E-state index in [0.29, 0.717) is 12.5 Å². The molecule has 5 heteroatoms. The van der Waals surface area contributed by atoms with Gasteiger partial charge in [0, 0.05) is 11.0 Å².